The Morgan fingerprint density at radius 3 is 2.44 bits per heavy atom. The van der Waals surface area contributed by atoms with Gasteiger partial charge in [0.2, 0.25) is 0 Å². The van der Waals surface area contributed by atoms with Crippen LogP contribution < -0.4 is 5.32 Å². The topological polar surface area (TPSA) is 113 Å². The zero-order valence-electron chi connectivity index (χ0n) is 15.4. The Bertz CT molecular complexity index is 515. The molecule has 2 saturated heterocycles. The van der Waals surface area contributed by atoms with E-state index in [1.54, 1.807) is 34.6 Å². The third kappa shape index (κ3) is 4.81. The lowest BCUT2D eigenvalue weighted by atomic mass is 9.96. The summed E-state index contributed by atoms with van der Waals surface area (Å²) in [5.41, 5.74) is -0.675. The van der Waals surface area contributed by atoms with Crippen LogP contribution in [0.1, 0.15) is 34.6 Å². The smallest absolute Gasteiger partial charge is 0.407 e. The van der Waals surface area contributed by atoms with Gasteiger partial charge in [-0.1, -0.05) is 0 Å². The molecular weight excluding hydrogens is 334 g/mol. The maximum absolute atomic E-state index is 11.8. The summed E-state index contributed by atoms with van der Waals surface area (Å²) in [5, 5.41) is 12.0. The minimum Gasteiger partial charge on any atom is -0.481 e. The Morgan fingerprint density at radius 2 is 1.92 bits per heavy atom. The molecule has 5 atom stereocenters. The number of hydrogen-bond donors (Lipinski definition) is 2. The van der Waals surface area contributed by atoms with Crippen molar-refractivity contribution in [2.45, 2.75) is 70.6 Å². The van der Waals surface area contributed by atoms with Crippen LogP contribution in [-0.4, -0.2) is 66.8 Å². The van der Waals surface area contributed by atoms with Crippen LogP contribution in [0.4, 0.5) is 4.79 Å². The van der Waals surface area contributed by atoms with Gasteiger partial charge in [0.15, 0.2) is 12.1 Å². The molecule has 144 valence electrons. The molecule has 0 spiro atoms. The maximum Gasteiger partial charge on any atom is 0.407 e. The second-order valence-corrected chi connectivity index (χ2v) is 7.60. The highest BCUT2D eigenvalue weighted by atomic mass is 16.8. The number of methoxy groups -OCH3 is 1. The molecule has 0 aromatic rings. The van der Waals surface area contributed by atoms with E-state index in [9.17, 15) is 14.7 Å². The van der Waals surface area contributed by atoms with Crippen molar-refractivity contribution in [1.82, 2.24) is 5.32 Å². The molecule has 1 amide bonds. The third-order valence-corrected chi connectivity index (χ3v) is 3.88. The first-order chi connectivity index (χ1) is 11.4. The molecule has 2 fully saturated rings. The summed E-state index contributed by atoms with van der Waals surface area (Å²) in [6.07, 6.45) is -3.40. The first-order valence-electron chi connectivity index (χ1n) is 8.17. The predicted molar refractivity (Wildman–Crippen MR) is 84.9 cm³/mol. The molecule has 0 saturated carbocycles. The number of carbonyl (C=O) groups excluding carboxylic acids is 1. The van der Waals surface area contributed by atoms with Crippen molar-refractivity contribution >= 4 is 12.1 Å². The number of nitrogens with one attached hydrogen (secondary N) is 1. The van der Waals surface area contributed by atoms with Crippen LogP contribution in [0.25, 0.3) is 0 Å². The van der Waals surface area contributed by atoms with Gasteiger partial charge in [-0.15, -0.1) is 0 Å². The van der Waals surface area contributed by atoms with Crippen LogP contribution in [0.3, 0.4) is 0 Å². The van der Waals surface area contributed by atoms with Crippen molar-refractivity contribution in [3.63, 3.8) is 0 Å². The molecule has 2 N–H and O–H groups in total. The first-order valence-corrected chi connectivity index (χ1v) is 8.17. The van der Waals surface area contributed by atoms with Crippen LogP contribution in [0.5, 0.6) is 0 Å². The molecule has 0 bridgehead atoms. The predicted octanol–water partition coefficient (Wildman–Crippen LogP) is 1.10. The van der Waals surface area contributed by atoms with E-state index >= 15 is 0 Å². The molecule has 9 heteroatoms. The minimum absolute atomic E-state index is 0.169. The van der Waals surface area contributed by atoms with Crippen molar-refractivity contribution in [2.24, 2.45) is 5.92 Å². The number of alkyl carbamates (subject to hydrolysis) is 1. The fourth-order valence-corrected chi connectivity index (χ4v) is 2.95. The third-order valence-electron chi connectivity index (χ3n) is 3.88. The van der Waals surface area contributed by atoms with Crippen LogP contribution in [0, 0.1) is 5.92 Å². The van der Waals surface area contributed by atoms with Crippen molar-refractivity contribution in [3.8, 4) is 0 Å². The van der Waals surface area contributed by atoms with E-state index in [1.807, 2.05) is 0 Å². The van der Waals surface area contributed by atoms with E-state index in [1.165, 1.54) is 7.11 Å². The molecule has 25 heavy (non-hydrogen) atoms. The first kappa shape index (κ1) is 19.9. The van der Waals surface area contributed by atoms with Crippen LogP contribution in [0.2, 0.25) is 0 Å². The Hall–Kier alpha value is -1.42. The average molecular weight is 361 g/mol. The van der Waals surface area contributed by atoms with Gasteiger partial charge in [0.1, 0.15) is 29.8 Å². The summed E-state index contributed by atoms with van der Waals surface area (Å²) in [7, 11) is 1.46. The van der Waals surface area contributed by atoms with Crippen molar-refractivity contribution in [3.05, 3.63) is 0 Å². The summed E-state index contributed by atoms with van der Waals surface area (Å²) in [6.45, 7) is 8.49. The van der Waals surface area contributed by atoms with Crippen LogP contribution >= 0.6 is 0 Å². The van der Waals surface area contributed by atoms with Gasteiger partial charge in [-0.05, 0) is 34.6 Å². The van der Waals surface area contributed by atoms with Gasteiger partial charge in [-0.3, -0.25) is 4.79 Å². The second kappa shape index (κ2) is 7.06. The number of rotatable bonds is 5. The summed E-state index contributed by atoms with van der Waals surface area (Å²) >= 11 is 0. The van der Waals surface area contributed by atoms with E-state index in [0.29, 0.717) is 0 Å². The molecule has 2 rings (SSSR count). The highest BCUT2D eigenvalue weighted by Gasteiger charge is 2.57. The standard InChI is InChI=1S/C16H27NO8/c1-15(2,3)25-14(20)17-7-8(12(18)19)9-10(21-6)11-13(22-9)24-16(4,5)23-11/h8-11,13H,7H2,1-6H3,(H,17,20)(H,18,19)/t8-,9-,10+,11-,13-/m1/s1. The van der Waals surface area contributed by atoms with Crippen LogP contribution in [-0.2, 0) is 28.5 Å². The van der Waals surface area contributed by atoms with Crippen molar-refractivity contribution in [1.29, 1.82) is 0 Å². The van der Waals surface area contributed by atoms with Gasteiger partial charge in [0, 0.05) is 13.7 Å². The fraction of sp³-hybridized carbons (Fsp3) is 0.875. The lowest BCUT2D eigenvalue weighted by Gasteiger charge is -2.28. The average Bonchev–Trinajstić information content (AvgIpc) is 2.87. The normalized spacial score (nSPS) is 32.1. The number of aliphatic carboxylic acids is 1. The Balaban J connectivity index is 2.03. The Morgan fingerprint density at radius 1 is 1.28 bits per heavy atom. The molecule has 2 aliphatic heterocycles. The number of carboxylic acids is 1. The van der Waals surface area contributed by atoms with E-state index in [0.717, 1.165) is 0 Å². The fourth-order valence-electron chi connectivity index (χ4n) is 2.95. The summed E-state index contributed by atoms with van der Waals surface area (Å²) in [5.74, 6) is -2.99. The highest BCUT2D eigenvalue weighted by molar-refractivity contribution is 5.73. The number of fused-ring (bicyclic) bond motifs is 1. The van der Waals surface area contributed by atoms with Gasteiger partial charge in [-0.25, -0.2) is 4.79 Å². The number of carbonyl (C=O) groups is 2. The largest absolute Gasteiger partial charge is 0.481 e. The molecule has 0 radical (unpaired) electrons. The van der Waals surface area contributed by atoms with Gasteiger partial charge < -0.3 is 34.1 Å². The molecule has 0 unspecified atom stereocenters. The summed E-state index contributed by atoms with van der Waals surface area (Å²) < 4.78 is 27.6. The van der Waals surface area contributed by atoms with E-state index in [2.05, 4.69) is 5.32 Å². The Labute approximate surface area is 146 Å². The molecular formula is C16H27NO8. The number of carboxylic acid groups (broad SMARTS) is 1. The lowest BCUT2D eigenvalue weighted by molar-refractivity contribution is -0.223. The zero-order valence-corrected chi connectivity index (χ0v) is 15.4. The number of hydrogen-bond acceptors (Lipinski definition) is 7. The van der Waals surface area contributed by atoms with E-state index < -0.39 is 54.0 Å². The summed E-state index contributed by atoms with van der Waals surface area (Å²) in [6, 6.07) is 0. The summed E-state index contributed by atoms with van der Waals surface area (Å²) in [4.78, 5) is 23.5. The maximum atomic E-state index is 11.8. The molecule has 2 heterocycles. The molecule has 9 nitrogen and oxygen atoms in total. The van der Waals surface area contributed by atoms with Gasteiger partial charge in [-0.2, -0.15) is 0 Å². The van der Waals surface area contributed by atoms with Crippen molar-refractivity contribution in [2.75, 3.05) is 13.7 Å². The van der Waals surface area contributed by atoms with E-state index in [-0.39, 0.29) is 6.54 Å². The SMILES string of the molecule is CO[C@@H]1[C@H]2OC(C)(C)O[C@H]2O[C@@H]1[C@@H](CNC(=O)OC(C)(C)C)C(=O)O. The monoisotopic (exact) mass is 361 g/mol. The van der Waals surface area contributed by atoms with Gasteiger partial charge in [0.05, 0.1) is 0 Å². The van der Waals surface area contributed by atoms with Gasteiger partial charge >= 0.3 is 12.1 Å². The minimum atomic E-state index is -1.12. The second-order valence-electron chi connectivity index (χ2n) is 7.60. The van der Waals surface area contributed by atoms with Crippen LogP contribution in [0.15, 0.2) is 0 Å². The van der Waals surface area contributed by atoms with Crippen molar-refractivity contribution < 1.29 is 38.4 Å². The molecule has 0 aromatic heterocycles. The molecule has 0 aromatic carbocycles. The number of ether oxygens (including phenoxy) is 5. The quantitative estimate of drug-likeness (QED) is 0.749. The van der Waals surface area contributed by atoms with Gasteiger partial charge in [0.25, 0.3) is 0 Å². The highest BCUT2D eigenvalue weighted by Crippen LogP contribution is 2.40. The zero-order chi connectivity index (χ0) is 19.0. The molecule has 2 aliphatic rings. The van der Waals surface area contributed by atoms with E-state index in [4.69, 9.17) is 23.7 Å². The Kier molecular flexibility index (Phi) is 5.62. The number of amides is 1. The lowest BCUT2D eigenvalue weighted by Crippen LogP contribution is -2.47. The molecule has 0 aliphatic carbocycles.